The Morgan fingerprint density at radius 3 is 2.68 bits per heavy atom. The van der Waals surface area contributed by atoms with Crippen molar-refractivity contribution in [1.82, 2.24) is 5.32 Å². The largest absolute Gasteiger partial charge is 0.493 e. The van der Waals surface area contributed by atoms with Crippen LogP contribution < -0.4 is 10.1 Å². The van der Waals surface area contributed by atoms with E-state index < -0.39 is 12.0 Å². The fraction of sp³-hybridized carbons (Fsp3) is 0.263. The summed E-state index contributed by atoms with van der Waals surface area (Å²) in [6, 6.07) is 11.9. The van der Waals surface area contributed by atoms with Crippen LogP contribution in [0.4, 0.5) is 0 Å². The van der Waals surface area contributed by atoms with Crippen molar-refractivity contribution in [3.8, 4) is 5.75 Å². The summed E-state index contributed by atoms with van der Waals surface area (Å²) in [5, 5.41) is 12.5. The number of benzene rings is 2. The monoisotopic (exact) mass is 359 g/mol. The smallest absolute Gasteiger partial charge is 0.305 e. The quantitative estimate of drug-likeness (QED) is 0.830. The van der Waals surface area contributed by atoms with Crippen molar-refractivity contribution in [2.24, 2.45) is 0 Å². The topological polar surface area (TPSA) is 75.6 Å². The molecule has 0 saturated carbocycles. The second kappa shape index (κ2) is 7.57. The number of carboxylic acid groups (broad SMARTS) is 1. The zero-order valence-corrected chi connectivity index (χ0v) is 14.3. The average Bonchev–Trinajstić information content (AvgIpc) is 3.02. The van der Waals surface area contributed by atoms with E-state index in [-0.39, 0.29) is 18.7 Å². The van der Waals surface area contributed by atoms with E-state index in [1.165, 1.54) is 0 Å². The third kappa shape index (κ3) is 4.51. The number of carboxylic acids is 1. The molecule has 0 saturated heterocycles. The summed E-state index contributed by atoms with van der Waals surface area (Å²) in [5.41, 5.74) is 2.69. The van der Waals surface area contributed by atoms with Crippen molar-refractivity contribution in [3.05, 3.63) is 64.2 Å². The van der Waals surface area contributed by atoms with E-state index in [2.05, 4.69) is 5.32 Å². The van der Waals surface area contributed by atoms with E-state index in [4.69, 9.17) is 21.4 Å². The lowest BCUT2D eigenvalue weighted by molar-refractivity contribution is -0.137. The fourth-order valence-electron chi connectivity index (χ4n) is 2.90. The minimum Gasteiger partial charge on any atom is -0.493 e. The molecule has 1 atom stereocenters. The first-order valence-electron chi connectivity index (χ1n) is 8.02. The molecule has 130 valence electrons. The van der Waals surface area contributed by atoms with Crippen molar-refractivity contribution < 1.29 is 19.4 Å². The van der Waals surface area contributed by atoms with Gasteiger partial charge in [-0.05, 0) is 34.9 Å². The molecule has 6 heteroatoms. The highest BCUT2D eigenvalue weighted by Gasteiger charge is 2.19. The number of halogens is 1. The number of ether oxygens (including phenoxy) is 1. The van der Waals surface area contributed by atoms with Crippen LogP contribution in [0.15, 0.2) is 42.5 Å². The third-order valence-electron chi connectivity index (χ3n) is 4.10. The SMILES string of the molecule is O=C(O)C[C@H](NC(=O)Cc1ccc2c(c1)CCO2)c1ccc(Cl)cc1. The molecule has 3 rings (SSSR count). The van der Waals surface area contributed by atoms with Crippen LogP contribution in [0.5, 0.6) is 5.75 Å². The number of hydrogen-bond donors (Lipinski definition) is 2. The number of nitrogens with one attached hydrogen (secondary N) is 1. The number of carbonyl (C=O) groups is 2. The van der Waals surface area contributed by atoms with Gasteiger partial charge in [0.05, 0.1) is 25.5 Å². The summed E-state index contributed by atoms with van der Waals surface area (Å²) in [6.45, 7) is 0.669. The van der Waals surface area contributed by atoms with Crippen LogP contribution in [0.2, 0.25) is 5.02 Å². The van der Waals surface area contributed by atoms with Crippen molar-refractivity contribution in [1.29, 1.82) is 0 Å². The molecule has 0 aromatic heterocycles. The second-order valence-corrected chi connectivity index (χ2v) is 6.42. The Balaban J connectivity index is 1.69. The van der Waals surface area contributed by atoms with Crippen LogP contribution in [-0.4, -0.2) is 23.6 Å². The molecule has 2 N–H and O–H groups in total. The number of rotatable bonds is 6. The molecule has 0 bridgehead atoms. The maximum Gasteiger partial charge on any atom is 0.305 e. The Bertz CT molecular complexity index is 789. The summed E-state index contributed by atoms with van der Waals surface area (Å²) < 4.78 is 5.46. The van der Waals surface area contributed by atoms with E-state index in [1.807, 2.05) is 18.2 Å². The predicted octanol–water partition coefficient (Wildman–Crippen LogP) is 3.15. The summed E-state index contributed by atoms with van der Waals surface area (Å²) >= 11 is 5.87. The molecule has 2 aromatic rings. The standard InChI is InChI=1S/C19H18ClNO4/c20-15-4-2-13(3-5-15)16(11-19(23)24)21-18(22)10-12-1-6-17-14(9-12)7-8-25-17/h1-6,9,16H,7-8,10-11H2,(H,21,22)(H,23,24)/t16-/m0/s1. The van der Waals surface area contributed by atoms with Crippen LogP contribution in [0.25, 0.3) is 0 Å². The molecule has 0 aliphatic carbocycles. The van der Waals surface area contributed by atoms with Gasteiger partial charge in [0.15, 0.2) is 0 Å². The number of fused-ring (bicyclic) bond motifs is 1. The lowest BCUT2D eigenvalue weighted by Crippen LogP contribution is -2.31. The Hall–Kier alpha value is -2.53. The highest BCUT2D eigenvalue weighted by molar-refractivity contribution is 6.30. The van der Waals surface area contributed by atoms with E-state index in [0.717, 1.165) is 23.3 Å². The maximum atomic E-state index is 12.4. The highest BCUT2D eigenvalue weighted by atomic mass is 35.5. The normalized spacial score (nSPS) is 13.6. The zero-order valence-electron chi connectivity index (χ0n) is 13.5. The van der Waals surface area contributed by atoms with Crippen LogP contribution in [-0.2, 0) is 22.4 Å². The molecule has 1 amide bonds. The molecule has 0 unspecified atom stereocenters. The Labute approximate surface area is 150 Å². The summed E-state index contributed by atoms with van der Waals surface area (Å²) in [6.07, 6.45) is 0.847. The number of hydrogen-bond acceptors (Lipinski definition) is 3. The minimum atomic E-state index is -0.977. The van der Waals surface area contributed by atoms with E-state index in [1.54, 1.807) is 24.3 Å². The molecule has 5 nitrogen and oxygen atoms in total. The van der Waals surface area contributed by atoms with Crippen molar-refractivity contribution in [2.45, 2.75) is 25.3 Å². The minimum absolute atomic E-state index is 0.189. The molecular formula is C19H18ClNO4. The molecule has 1 aliphatic heterocycles. The van der Waals surface area contributed by atoms with Crippen molar-refractivity contribution >= 4 is 23.5 Å². The Kier molecular flexibility index (Phi) is 5.24. The van der Waals surface area contributed by atoms with Gasteiger partial charge in [0.25, 0.3) is 0 Å². The van der Waals surface area contributed by atoms with Gasteiger partial charge in [0.1, 0.15) is 5.75 Å². The fourth-order valence-corrected chi connectivity index (χ4v) is 3.03. The summed E-state index contributed by atoms with van der Waals surface area (Å²) in [5.74, 6) is -0.330. The van der Waals surface area contributed by atoms with Gasteiger partial charge in [-0.25, -0.2) is 0 Å². The van der Waals surface area contributed by atoms with Gasteiger partial charge in [-0.3, -0.25) is 9.59 Å². The molecule has 0 fully saturated rings. The van der Waals surface area contributed by atoms with Gasteiger partial charge in [0, 0.05) is 11.4 Å². The highest BCUT2D eigenvalue weighted by Crippen LogP contribution is 2.26. The predicted molar refractivity (Wildman–Crippen MR) is 93.9 cm³/mol. The first kappa shape index (κ1) is 17.3. The van der Waals surface area contributed by atoms with Crippen LogP contribution in [0.3, 0.4) is 0 Å². The van der Waals surface area contributed by atoms with Crippen LogP contribution in [0, 0.1) is 0 Å². The molecule has 1 heterocycles. The summed E-state index contributed by atoms with van der Waals surface area (Å²) in [4.78, 5) is 23.5. The lowest BCUT2D eigenvalue weighted by atomic mass is 10.0. The van der Waals surface area contributed by atoms with Crippen LogP contribution >= 0.6 is 11.6 Å². The van der Waals surface area contributed by atoms with Crippen LogP contribution in [0.1, 0.15) is 29.2 Å². The number of amides is 1. The molecule has 25 heavy (non-hydrogen) atoms. The number of aliphatic carboxylic acids is 1. The van der Waals surface area contributed by atoms with E-state index in [9.17, 15) is 9.59 Å². The van der Waals surface area contributed by atoms with Gasteiger partial charge in [-0.15, -0.1) is 0 Å². The van der Waals surface area contributed by atoms with E-state index in [0.29, 0.717) is 17.2 Å². The van der Waals surface area contributed by atoms with Gasteiger partial charge in [-0.1, -0.05) is 35.9 Å². The van der Waals surface area contributed by atoms with Crippen molar-refractivity contribution in [2.75, 3.05) is 6.61 Å². The first-order chi connectivity index (χ1) is 12.0. The maximum absolute atomic E-state index is 12.4. The molecule has 0 spiro atoms. The van der Waals surface area contributed by atoms with E-state index >= 15 is 0 Å². The third-order valence-corrected chi connectivity index (χ3v) is 4.36. The molecular weight excluding hydrogens is 342 g/mol. The van der Waals surface area contributed by atoms with Crippen molar-refractivity contribution in [3.63, 3.8) is 0 Å². The molecule has 0 radical (unpaired) electrons. The second-order valence-electron chi connectivity index (χ2n) is 5.99. The lowest BCUT2D eigenvalue weighted by Gasteiger charge is -2.18. The van der Waals surface area contributed by atoms with Gasteiger partial charge >= 0.3 is 5.97 Å². The first-order valence-corrected chi connectivity index (χ1v) is 8.40. The average molecular weight is 360 g/mol. The number of carbonyl (C=O) groups excluding carboxylic acids is 1. The van der Waals surface area contributed by atoms with Gasteiger partial charge in [0.2, 0.25) is 5.91 Å². The Morgan fingerprint density at radius 2 is 1.96 bits per heavy atom. The Morgan fingerprint density at radius 1 is 1.20 bits per heavy atom. The summed E-state index contributed by atoms with van der Waals surface area (Å²) in [7, 11) is 0. The van der Waals surface area contributed by atoms with Gasteiger partial charge < -0.3 is 15.2 Å². The molecule has 1 aliphatic rings. The zero-order chi connectivity index (χ0) is 17.8. The van der Waals surface area contributed by atoms with Gasteiger partial charge in [-0.2, -0.15) is 0 Å². The molecule has 2 aromatic carbocycles.